The fourth-order valence-electron chi connectivity index (χ4n) is 2.02. The van der Waals surface area contributed by atoms with Gasteiger partial charge < -0.3 is 5.32 Å². The number of fused-ring (bicyclic) bond motifs is 1. The Morgan fingerprint density at radius 3 is 2.75 bits per heavy atom. The Kier molecular flexibility index (Phi) is 1.80. The molecular weight excluding hydrogens is 146 g/mol. The molecule has 1 N–H and O–H groups in total. The van der Waals surface area contributed by atoms with E-state index in [4.69, 9.17) is 0 Å². The van der Waals surface area contributed by atoms with Crippen LogP contribution in [-0.2, 0) is 0 Å². The summed E-state index contributed by atoms with van der Waals surface area (Å²) in [6.07, 6.45) is 1.20. The topological polar surface area (TPSA) is 12.0 Å². The average molecular weight is 161 g/mol. The van der Waals surface area contributed by atoms with Gasteiger partial charge >= 0.3 is 0 Å². The predicted molar refractivity (Wildman–Crippen MR) is 52.6 cm³/mol. The highest BCUT2D eigenvalue weighted by Gasteiger charge is 2.25. The van der Waals surface area contributed by atoms with Crippen molar-refractivity contribution in [3.05, 3.63) is 29.8 Å². The maximum absolute atomic E-state index is 3.53. The van der Waals surface area contributed by atoms with Crippen molar-refractivity contribution < 1.29 is 0 Å². The van der Waals surface area contributed by atoms with E-state index in [1.54, 1.807) is 0 Å². The molecule has 2 atom stereocenters. The molecule has 64 valence electrons. The Labute approximate surface area is 73.8 Å². The van der Waals surface area contributed by atoms with Crippen LogP contribution in [-0.4, -0.2) is 6.04 Å². The molecule has 0 saturated carbocycles. The van der Waals surface area contributed by atoms with Gasteiger partial charge in [0.15, 0.2) is 0 Å². The van der Waals surface area contributed by atoms with Crippen molar-refractivity contribution in [1.82, 2.24) is 0 Å². The lowest BCUT2D eigenvalue weighted by Crippen LogP contribution is -2.16. The van der Waals surface area contributed by atoms with Gasteiger partial charge in [-0.2, -0.15) is 0 Å². The molecule has 0 radical (unpaired) electrons. The van der Waals surface area contributed by atoms with E-state index in [9.17, 15) is 0 Å². The number of nitrogens with one attached hydrogen (secondary N) is 1. The van der Waals surface area contributed by atoms with Gasteiger partial charge in [0.05, 0.1) is 0 Å². The van der Waals surface area contributed by atoms with Gasteiger partial charge in [0.25, 0.3) is 0 Å². The van der Waals surface area contributed by atoms with Gasteiger partial charge in [0.2, 0.25) is 0 Å². The first-order chi connectivity index (χ1) is 5.83. The molecule has 2 rings (SSSR count). The third kappa shape index (κ3) is 1.01. The zero-order valence-electron chi connectivity index (χ0n) is 7.67. The molecule has 0 fully saturated rings. The Hall–Kier alpha value is -0.980. The SMILES string of the molecule is CC[C@H]1Nc2ccccc2[C@H]1C. The second-order valence-electron chi connectivity index (χ2n) is 3.54. The van der Waals surface area contributed by atoms with Gasteiger partial charge in [0.1, 0.15) is 0 Å². The minimum Gasteiger partial charge on any atom is -0.381 e. The van der Waals surface area contributed by atoms with Crippen LogP contribution < -0.4 is 5.32 Å². The van der Waals surface area contributed by atoms with E-state index < -0.39 is 0 Å². The average Bonchev–Trinajstić information content (AvgIpc) is 2.44. The number of benzene rings is 1. The van der Waals surface area contributed by atoms with Crippen molar-refractivity contribution in [2.45, 2.75) is 32.2 Å². The molecule has 1 aromatic carbocycles. The summed E-state index contributed by atoms with van der Waals surface area (Å²) >= 11 is 0. The Balaban J connectivity index is 2.35. The molecule has 0 aliphatic carbocycles. The maximum Gasteiger partial charge on any atom is 0.0378 e. The van der Waals surface area contributed by atoms with E-state index >= 15 is 0 Å². The maximum atomic E-state index is 3.53. The molecule has 1 heterocycles. The molecule has 1 aliphatic heterocycles. The molecule has 0 spiro atoms. The van der Waals surface area contributed by atoms with Crippen LogP contribution in [0.3, 0.4) is 0 Å². The van der Waals surface area contributed by atoms with Crippen LogP contribution in [0.5, 0.6) is 0 Å². The molecule has 12 heavy (non-hydrogen) atoms. The van der Waals surface area contributed by atoms with E-state index in [-0.39, 0.29) is 0 Å². The highest BCUT2D eigenvalue weighted by Crippen LogP contribution is 2.36. The van der Waals surface area contributed by atoms with Crippen LogP contribution in [0.15, 0.2) is 24.3 Å². The highest BCUT2D eigenvalue weighted by molar-refractivity contribution is 5.58. The summed E-state index contributed by atoms with van der Waals surface area (Å²) in [5.41, 5.74) is 2.81. The molecule has 1 heteroatoms. The Morgan fingerprint density at radius 1 is 1.33 bits per heavy atom. The molecule has 0 unspecified atom stereocenters. The van der Waals surface area contributed by atoms with Gasteiger partial charge in [-0.1, -0.05) is 32.0 Å². The summed E-state index contributed by atoms with van der Waals surface area (Å²) < 4.78 is 0. The van der Waals surface area contributed by atoms with E-state index in [1.165, 1.54) is 17.7 Å². The van der Waals surface area contributed by atoms with Crippen LogP contribution in [0, 0.1) is 0 Å². The zero-order valence-corrected chi connectivity index (χ0v) is 7.67. The standard InChI is InChI=1S/C11H15N/c1-3-10-8(2)9-6-4-5-7-11(9)12-10/h4-8,10,12H,3H2,1-2H3/t8-,10-/m1/s1. The van der Waals surface area contributed by atoms with Gasteiger partial charge in [-0.25, -0.2) is 0 Å². The second kappa shape index (κ2) is 2.81. The number of hydrogen-bond acceptors (Lipinski definition) is 1. The predicted octanol–water partition coefficient (Wildman–Crippen LogP) is 2.99. The van der Waals surface area contributed by atoms with Crippen molar-refractivity contribution in [1.29, 1.82) is 0 Å². The summed E-state index contributed by atoms with van der Waals surface area (Å²) in [6, 6.07) is 9.25. The van der Waals surface area contributed by atoms with Crippen molar-refractivity contribution in [2.24, 2.45) is 0 Å². The van der Waals surface area contributed by atoms with Crippen LogP contribution in [0.25, 0.3) is 0 Å². The lowest BCUT2D eigenvalue weighted by atomic mass is 9.96. The fraction of sp³-hybridized carbons (Fsp3) is 0.455. The lowest BCUT2D eigenvalue weighted by Gasteiger charge is -2.12. The second-order valence-corrected chi connectivity index (χ2v) is 3.54. The van der Waals surface area contributed by atoms with Crippen LogP contribution >= 0.6 is 0 Å². The van der Waals surface area contributed by atoms with Crippen LogP contribution in [0.4, 0.5) is 5.69 Å². The molecule has 0 bridgehead atoms. The molecular formula is C11H15N. The van der Waals surface area contributed by atoms with Crippen molar-refractivity contribution >= 4 is 5.69 Å². The summed E-state index contributed by atoms with van der Waals surface area (Å²) in [5.74, 6) is 0.672. The summed E-state index contributed by atoms with van der Waals surface area (Å²) in [5, 5.41) is 3.53. The largest absolute Gasteiger partial charge is 0.381 e. The first-order valence-corrected chi connectivity index (χ1v) is 4.68. The van der Waals surface area contributed by atoms with Crippen molar-refractivity contribution in [2.75, 3.05) is 5.32 Å². The summed E-state index contributed by atoms with van der Waals surface area (Å²) in [4.78, 5) is 0. The number of rotatable bonds is 1. The minimum absolute atomic E-state index is 0.641. The molecule has 1 aliphatic rings. The first kappa shape index (κ1) is 7.66. The normalized spacial score (nSPS) is 26.5. The minimum atomic E-state index is 0.641. The fourth-order valence-corrected chi connectivity index (χ4v) is 2.02. The van der Waals surface area contributed by atoms with E-state index in [1.807, 2.05) is 0 Å². The lowest BCUT2D eigenvalue weighted by molar-refractivity contribution is 0.618. The summed E-state index contributed by atoms with van der Waals surface area (Å²) in [6.45, 7) is 4.53. The molecule has 1 aromatic rings. The third-order valence-electron chi connectivity index (χ3n) is 2.84. The van der Waals surface area contributed by atoms with Gasteiger partial charge in [0, 0.05) is 17.6 Å². The molecule has 0 saturated heterocycles. The number of anilines is 1. The van der Waals surface area contributed by atoms with Crippen molar-refractivity contribution in [3.8, 4) is 0 Å². The van der Waals surface area contributed by atoms with Crippen molar-refractivity contribution in [3.63, 3.8) is 0 Å². The van der Waals surface area contributed by atoms with Crippen LogP contribution in [0.2, 0.25) is 0 Å². The van der Waals surface area contributed by atoms with E-state index in [0.29, 0.717) is 12.0 Å². The third-order valence-corrected chi connectivity index (χ3v) is 2.84. The number of hydrogen-bond donors (Lipinski definition) is 1. The Morgan fingerprint density at radius 2 is 2.08 bits per heavy atom. The quantitative estimate of drug-likeness (QED) is 0.667. The molecule has 1 nitrogen and oxygen atoms in total. The van der Waals surface area contributed by atoms with Gasteiger partial charge in [-0.3, -0.25) is 0 Å². The highest BCUT2D eigenvalue weighted by atomic mass is 15.0. The zero-order chi connectivity index (χ0) is 8.55. The number of para-hydroxylation sites is 1. The van der Waals surface area contributed by atoms with Gasteiger partial charge in [-0.15, -0.1) is 0 Å². The molecule has 0 aromatic heterocycles. The van der Waals surface area contributed by atoms with Gasteiger partial charge in [-0.05, 0) is 18.1 Å². The van der Waals surface area contributed by atoms with E-state index in [2.05, 4.69) is 43.4 Å². The van der Waals surface area contributed by atoms with Crippen LogP contribution in [0.1, 0.15) is 31.7 Å². The van der Waals surface area contributed by atoms with E-state index in [0.717, 1.165) is 0 Å². The summed E-state index contributed by atoms with van der Waals surface area (Å²) in [7, 11) is 0. The Bertz CT molecular complexity index is 280. The smallest absolute Gasteiger partial charge is 0.0378 e. The molecule has 0 amide bonds. The first-order valence-electron chi connectivity index (χ1n) is 4.68. The monoisotopic (exact) mass is 161 g/mol.